The molecule has 0 saturated carbocycles. The van der Waals surface area contributed by atoms with Crippen molar-refractivity contribution in [1.82, 2.24) is 15.5 Å². The highest BCUT2D eigenvalue weighted by Gasteiger charge is 2.19. The van der Waals surface area contributed by atoms with Crippen LogP contribution >= 0.6 is 11.8 Å². The fraction of sp³-hybridized carbons (Fsp3) is 0.846. The molecule has 0 aromatic heterocycles. The number of thioether (sulfide) groups is 1. The smallest absolute Gasteiger partial charge is 0.315 e. The summed E-state index contributed by atoms with van der Waals surface area (Å²) in [5.74, 6) is 1.51. The summed E-state index contributed by atoms with van der Waals surface area (Å²) in [5, 5.41) is 14.3. The van der Waals surface area contributed by atoms with Crippen LogP contribution < -0.4 is 10.6 Å². The van der Waals surface area contributed by atoms with Crippen LogP contribution in [0.4, 0.5) is 4.79 Å². The number of carbonyl (C=O) groups is 2. The van der Waals surface area contributed by atoms with Gasteiger partial charge >= 0.3 is 12.0 Å². The molecule has 1 aliphatic heterocycles. The summed E-state index contributed by atoms with van der Waals surface area (Å²) in [6.45, 7) is 7.38. The molecule has 1 saturated heterocycles. The van der Waals surface area contributed by atoms with Gasteiger partial charge in [-0.3, -0.25) is 9.69 Å². The predicted molar refractivity (Wildman–Crippen MR) is 81.2 cm³/mol. The van der Waals surface area contributed by atoms with Gasteiger partial charge in [-0.15, -0.1) is 0 Å². The van der Waals surface area contributed by atoms with Crippen LogP contribution in [0.5, 0.6) is 0 Å². The Morgan fingerprint density at radius 2 is 1.95 bits per heavy atom. The zero-order valence-electron chi connectivity index (χ0n) is 12.2. The SMILES string of the molecule is CC(C)C(CC(=O)O)NC(=O)NCCN1CCSCC1. The van der Waals surface area contributed by atoms with E-state index in [1.807, 2.05) is 25.6 Å². The zero-order valence-corrected chi connectivity index (χ0v) is 13.0. The molecule has 1 heterocycles. The molecule has 0 spiro atoms. The maximum absolute atomic E-state index is 11.7. The molecule has 0 aromatic rings. The summed E-state index contributed by atoms with van der Waals surface area (Å²) in [5.41, 5.74) is 0. The first-order valence-electron chi connectivity index (χ1n) is 7.05. The van der Waals surface area contributed by atoms with E-state index in [-0.39, 0.29) is 24.4 Å². The number of rotatable bonds is 7. The minimum Gasteiger partial charge on any atom is -0.481 e. The number of hydrogen-bond acceptors (Lipinski definition) is 4. The van der Waals surface area contributed by atoms with Gasteiger partial charge in [0.25, 0.3) is 0 Å². The lowest BCUT2D eigenvalue weighted by molar-refractivity contribution is -0.137. The number of amides is 2. The number of nitrogens with zero attached hydrogens (tertiary/aromatic N) is 1. The standard InChI is InChI=1S/C13H25N3O3S/c1-10(2)11(9-12(17)18)15-13(19)14-3-4-16-5-7-20-8-6-16/h10-11H,3-9H2,1-2H3,(H,17,18)(H2,14,15,19). The number of nitrogens with one attached hydrogen (secondary N) is 2. The molecule has 7 heteroatoms. The topological polar surface area (TPSA) is 81.7 Å². The molecule has 1 fully saturated rings. The summed E-state index contributed by atoms with van der Waals surface area (Å²) in [6, 6.07) is -0.616. The highest BCUT2D eigenvalue weighted by atomic mass is 32.2. The Morgan fingerprint density at radius 1 is 1.30 bits per heavy atom. The van der Waals surface area contributed by atoms with E-state index < -0.39 is 5.97 Å². The predicted octanol–water partition coefficient (Wildman–Crippen LogP) is 0.834. The van der Waals surface area contributed by atoms with Crippen LogP contribution in [0.1, 0.15) is 20.3 Å². The lowest BCUT2D eigenvalue weighted by Crippen LogP contribution is -2.47. The molecule has 1 atom stereocenters. The number of carboxylic acid groups (broad SMARTS) is 1. The molecule has 116 valence electrons. The van der Waals surface area contributed by atoms with Crippen LogP contribution in [0.25, 0.3) is 0 Å². The van der Waals surface area contributed by atoms with Crippen molar-refractivity contribution in [3.63, 3.8) is 0 Å². The second-order valence-corrected chi connectivity index (χ2v) is 6.53. The Labute approximate surface area is 124 Å². The maximum atomic E-state index is 11.7. The van der Waals surface area contributed by atoms with Crippen LogP contribution in [0.15, 0.2) is 0 Å². The Morgan fingerprint density at radius 3 is 2.50 bits per heavy atom. The van der Waals surface area contributed by atoms with E-state index in [9.17, 15) is 9.59 Å². The van der Waals surface area contributed by atoms with Crippen molar-refractivity contribution in [3.05, 3.63) is 0 Å². The van der Waals surface area contributed by atoms with E-state index in [2.05, 4.69) is 15.5 Å². The van der Waals surface area contributed by atoms with E-state index in [0.717, 1.165) is 31.1 Å². The van der Waals surface area contributed by atoms with Gasteiger partial charge in [-0.2, -0.15) is 11.8 Å². The van der Waals surface area contributed by atoms with Crippen molar-refractivity contribution in [1.29, 1.82) is 0 Å². The lowest BCUT2D eigenvalue weighted by atomic mass is 10.0. The fourth-order valence-electron chi connectivity index (χ4n) is 2.01. The second-order valence-electron chi connectivity index (χ2n) is 5.30. The molecule has 1 unspecified atom stereocenters. The molecule has 0 radical (unpaired) electrons. The first-order chi connectivity index (χ1) is 9.49. The molecule has 20 heavy (non-hydrogen) atoms. The Bertz CT molecular complexity index is 320. The third-order valence-corrected chi connectivity index (χ3v) is 4.28. The van der Waals surface area contributed by atoms with Crippen molar-refractivity contribution in [3.8, 4) is 0 Å². The van der Waals surface area contributed by atoms with Gasteiger partial charge in [0.05, 0.1) is 6.42 Å². The molecule has 0 bridgehead atoms. The summed E-state index contributed by atoms with van der Waals surface area (Å²) in [4.78, 5) is 24.8. The third kappa shape index (κ3) is 7.00. The van der Waals surface area contributed by atoms with Crippen molar-refractivity contribution in [2.75, 3.05) is 37.7 Å². The lowest BCUT2D eigenvalue weighted by Gasteiger charge is -2.26. The quantitative estimate of drug-likeness (QED) is 0.649. The summed E-state index contributed by atoms with van der Waals surface area (Å²) >= 11 is 1.96. The van der Waals surface area contributed by atoms with E-state index in [1.165, 1.54) is 0 Å². The highest BCUT2D eigenvalue weighted by molar-refractivity contribution is 7.99. The summed E-state index contributed by atoms with van der Waals surface area (Å²) in [6.07, 6.45) is -0.0472. The molecule has 0 aromatic carbocycles. The van der Waals surface area contributed by atoms with Crippen LogP contribution in [-0.2, 0) is 4.79 Å². The van der Waals surface area contributed by atoms with Gasteiger partial charge in [0.2, 0.25) is 0 Å². The average Bonchev–Trinajstić information content (AvgIpc) is 2.38. The second kappa shape index (κ2) is 9.07. The van der Waals surface area contributed by atoms with Gasteiger partial charge in [0.1, 0.15) is 0 Å². The molecule has 2 amide bonds. The number of aliphatic carboxylic acids is 1. The zero-order chi connectivity index (χ0) is 15.0. The number of hydrogen-bond donors (Lipinski definition) is 3. The van der Waals surface area contributed by atoms with Crippen molar-refractivity contribution >= 4 is 23.8 Å². The van der Waals surface area contributed by atoms with E-state index in [0.29, 0.717) is 6.54 Å². The molecule has 6 nitrogen and oxygen atoms in total. The van der Waals surface area contributed by atoms with E-state index in [4.69, 9.17) is 5.11 Å². The van der Waals surface area contributed by atoms with Crippen LogP contribution in [0.2, 0.25) is 0 Å². The molecular weight excluding hydrogens is 278 g/mol. The number of urea groups is 1. The Hall–Kier alpha value is -0.950. The molecule has 1 rings (SSSR count). The van der Waals surface area contributed by atoms with Crippen molar-refractivity contribution < 1.29 is 14.7 Å². The largest absolute Gasteiger partial charge is 0.481 e. The maximum Gasteiger partial charge on any atom is 0.315 e. The molecule has 1 aliphatic rings. The monoisotopic (exact) mass is 303 g/mol. The summed E-state index contributed by atoms with van der Waals surface area (Å²) < 4.78 is 0. The third-order valence-electron chi connectivity index (χ3n) is 3.33. The highest BCUT2D eigenvalue weighted by Crippen LogP contribution is 2.08. The van der Waals surface area contributed by atoms with Gasteiger partial charge in [-0.1, -0.05) is 13.8 Å². The van der Waals surface area contributed by atoms with E-state index in [1.54, 1.807) is 0 Å². The van der Waals surface area contributed by atoms with Crippen LogP contribution in [0.3, 0.4) is 0 Å². The van der Waals surface area contributed by atoms with Gasteiger partial charge in [-0.05, 0) is 5.92 Å². The van der Waals surface area contributed by atoms with Gasteiger partial charge < -0.3 is 15.7 Å². The minimum absolute atomic E-state index is 0.0472. The first-order valence-corrected chi connectivity index (χ1v) is 8.20. The fourth-order valence-corrected chi connectivity index (χ4v) is 2.99. The Balaban J connectivity index is 2.21. The normalized spacial score (nSPS) is 17.8. The van der Waals surface area contributed by atoms with Crippen LogP contribution in [-0.4, -0.2) is 65.7 Å². The average molecular weight is 303 g/mol. The van der Waals surface area contributed by atoms with Gasteiger partial charge in [0, 0.05) is 43.7 Å². The van der Waals surface area contributed by atoms with Gasteiger partial charge in [0.15, 0.2) is 0 Å². The number of carbonyl (C=O) groups excluding carboxylic acids is 1. The van der Waals surface area contributed by atoms with E-state index >= 15 is 0 Å². The van der Waals surface area contributed by atoms with Crippen LogP contribution in [0, 0.1) is 5.92 Å². The number of carboxylic acids is 1. The van der Waals surface area contributed by atoms with Gasteiger partial charge in [-0.25, -0.2) is 4.79 Å². The first kappa shape index (κ1) is 17.1. The Kier molecular flexibility index (Phi) is 7.76. The van der Waals surface area contributed by atoms with Crippen molar-refractivity contribution in [2.45, 2.75) is 26.3 Å². The molecule has 3 N–H and O–H groups in total. The molecule has 0 aliphatic carbocycles. The summed E-state index contributed by atoms with van der Waals surface area (Å²) in [7, 11) is 0. The van der Waals surface area contributed by atoms with Crippen molar-refractivity contribution in [2.24, 2.45) is 5.92 Å². The molecular formula is C13H25N3O3S. The minimum atomic E-state index is -0.894.